The Bertz CT molecular complexity index is 546. The molecule has 1 N–H and O–H groups in total. The predicted octanol–water partition coefficient (Wildman–Crippen LogP) is 4.96. The minimum absolute atomic E-state index is 0.212. The smallest absolute Gasteiger partial charge is 0.119 e. The summed E-state index contributed by atoms with van der Waals surface area (Å²) >= 11 is 0. The van der Waals surface area contributed by atoms with Crippen molar-refractivity contribution in [2.24, 2.45) is 0 Å². The maximum Gasteiger partial charge on any atom is 0.119 e. The number of nitrogens with one attached hydrogen (secondary N) is 1. The van der Waals surface area contributed by atoms with Gasteiger partial charge in [-0.15, -0.1) is 0 Å². The molecule has 2 rings (SSSR count). The van der Waals surface area contributed by atoms with Crippen LogP contribution in [0.4, 0.5) is 5.69 Å². The highest BCUT2D eigenvalue weighted by molar-refractivity contribution is 5.47. The van der Waals surface area contributed by atoms with Gasteiger partial charge in [-0.05, 0) is 63.1 Å². The molecule has 2 aromatic rings. The molecule has 0 fully saturated rings. The maximum atomic E-state index is 5.66. The van der Waals surface area contributed by atoms with Gasteiger partial charge in [0.25, 0.3) is 0 Å². The number of hydrogen-bond acceptors (Lipinski definition) is 2. The number of hydrogen-bond donors (Lipinski definition) is 1. The Balaban J connectivity index is 2.03. The van der Waals surface area contributed by atoms with Gasteiger partial charge in [0.05, 0.1) is 6.10 Å². The lowest BCUT2D eigenvalue weighted by atomic mass is 10.1. The molecule has 0 aliphatic heterocycles. The maximum absolute atomic E-state index is 5.66. The van der Waals surface area contributed by atoms with Crippen LogP contribution in [0.5, 0.6) is 5.75 Å². The fourth-order valence-corrected chi connectivity index (χ4v) is 2.18. The summed E-state index contributed by atoms with van der Waals surface area (Å²) < 4.78 is 5.66. The second-order valence-corrected chi connectivity index (χ2v) is 5.47. The van der Waals surface area contributed by atoms with Crippen LogP contribution in [0.2, 0.25) is 0 Å². The molecule has 0 aliphatic rings. The molecule has 0 bridgehead atoms. The predicted molar refractivity (Wildman–Crippen MR) is 85.4 cm³/mol. The summed E-state index contributed by atoms with van der Waals surface area (Å²) in [5, 5.41) is 3.52. The second kappa shape index (κ2) is 6.47. The molecular weight excluding hydrogens is 246 g/mol. The number of rotatable bonds is 5. The Labute approximate surface area is 121 Å². The molecule has 2 nitrogen and oxygen atoms in total. The fraction of sp³-hybridized carbons (Fsp3) is 0.333. The van der Waals surface area contributed by atoms with Crippen LogP contribution in [-0.2, 0) is 0 Å². The van der Waals surface area contributed by atoms with Gasteiger partial charge < -0.3 is 10.1 Å². The molecule has 0 radical (unpaired) electrons. The molecule has 0 spiro atoms. The quantitative estimate of drug-likeness (QED) is 0.828. The lowest BCUT2D eigenvalue weighted by molar-refractivity contribution is 0.242. The third-order valence-corrected chi connectivity index (χ3v) is 3.15. The SMILES string of the molecule is Cc1cccc(NC(C)c2ccc(OC(C)C)cc2)c1. The van der Waals surface area contributed by atoms with Gasteiger partial charge in [-0.2, -0.15) is 0 Å². The van der Waals surface area contributed by atoms with E-state index in [9.17, 15) is 0 Å². The first-order valence-corrected chi connectivity index (χ1v) is 7.14. The Hall–Kier alpha value is -1.96. The third-order valence-electron chi connectivity index (χ3n) is 3.15. The van der Waals surface area contributed by atoms with E-state index >= 15 is 0 Å². The molecule has 2 heteroatoms. The van der Waals surface area contributed by atoms with Crippen molar-refractivity contribution in [1.82, 2.24) is 0 Å². The number of anilines is 1. The van der Waals surface area contributed by atoms with Crippen LogP contribution in [-0.4, -0.2) is 6.10 Å². The molecule has 1 unspecified atom stereocenters. The average Bonchev–Trinajstić information content (AvgIpc) is 2.38. The van der Waals surface area contributed by atoms with Crippen molar-refractivity contribution in [3.8, 4) is 5.75 Å². The number of benzene rings is 2. The van der Waals surface area contributed by atoms with E-state index in [4.69, 9.17) is 4.74 Å². The van der Waals surface area contributed by atoms with Gasteiger partial charge in [-0.25, -0.2) is 0 Å². The summed E-state index contributed by atoms with van der Waals surface area (Å²) in [6, 6.07) is 17.0. The van der Waals surface area contributed by atoms with Gasteiger partial charge in [0.15, 0.2) is 0 Å². The minimum Gasteiger partial charge on any atom is -0.491 e. The van der Waals surface area contributed by atoms with Crippen LogP contribution in [0.25, 0.3) is 0 Å². The van der Waals surface area contributed by atoms with Crippen LogP contribution in [0.15, 0.2) is 48.5 Å². The molecule has 0 aromatic heterocycles. The van der Waals surface area contributed by atoms with Crippen LogP contribution < -0.4 is 10.1 Å². The van der Waals surface area contributed by atoms with Crippen LogP contribution >= 0.6 is 0 Å². The van der Waals surface area contributed by atoms with Crippen LogP contribution in [0, 0.1) is 6.92 Å². The highest BCUT2D eigenvalue weighted by Crippen LogP contribution is 2.22. The molecule has 0 aliphatic carbocycles. The van der Waals surface area contributed by atoms with E-state index in [1.807, 2.05) is 26.0 Å². The molecule has 0 heterocycles. The highest BCUT2D eigenvalue weighted by Gasteiger charge is 2.06. The fourth-order valence-electron chi connectivity index (χ4n) is 2.18. The molecule has 20 heavy (non-hydrogen) atoms. The standard InChI is InChI=1S/C18H23NO/c1-13(2)20-18-10-8-16(9-11-18)15(4)19-17-7-5-6-14(3)12-17/h5-13,15,19H,1-4H3. The van der Waals surface area contributed by atoms with E-state index in [1.165, 1.54) is 11.1 Å². The van der Waals surface area contributed by atoms with Crippen molar-refractivity contribution in [1.29, 1.82) is 0 Å². The number of aryl methyl sites for hydroxylation is 1. The zero-order valence-electron chi connectivity index (χ0n) is 12.7. The molecule has 1 atom stereocenters. The zero-order chi connectivity index (χ0) is 14.5. The summed E-state index contributed by atoms with van der Waals surface area (Å²) in [5.74, 6) is 0.923. The third kappa shape index (κ3) is 4.02. The Morgan fingerprint density at radius 3 is 2.25 bits per heavy atom. The van der Waals surface area contributed by atoms with E-state index < -0.39 is 0 Å². The van der Waals surface area contributed by atoms with Gasteiger partial charge >= 0.3 is 0 Å². The molecule has 0 amide bonds. The van der Waals surface area contributed by atoms with Crippen molar-refractivity contribution < 1.29 is 4.74 Å². The summed E-state index contributed by atoms with van der Waals surface area (Å²) in [6.45, 7) is 8.35. The van der Waals surface area contributed by atoms with Crippen molar-refractivity contribution in [3.63, 3.8) is 0 Å². The topological polar surface area (TPSA) is 21.3 Å². The molecule has 106 valence electrons. The first-order valence-electron chi connectivity index (χ1n) is 7.14. The Morgan fingerprint density at radius 1 is 0.950 bits per heavy atom. The van der Waals surface area contributed by atoms with Gasteiger partial charge in [0.2, 0.25) is 0 Å². The Kier molecular flexibility index (Phi) is 4.67. The van der Waals surface area contributed by atoms with Crippen LogP contribution in [0.3, 0.4) is 0 Å². The van der Waals surface area contributed by atoms with E-state index in [1.54, 1.807) is 0 Å². The van der Waals surface area contributed by atoms with E-state index in [0.717, 1.165) is 11.4 Å². The average molecular weight is 269 g/mol. The van der Waals surface area contributed by atoms with Gasteiger partial charge in [0.1, 0.15) is 5.75 Å². The van der Waals surface area contributed by atoms with Crippen molar-refractivity contribution in [2.75, 3.05) is 5.32 Å². The minimum atomic E-state index is 0.212. The van der Waals surface area contributed by atoms with Crippen LogP contribution in [0.1, 0.15) is 37.9 Å². The second-order valence-electron chi connectivity index (χ2n) is 5.47. The normalized spacial score (nSPS) is 12.2. The summed E-state index contributed by atoms with van der Waals surface area (Å²) in [6.07, 6.45) is 0.212. The lowest BCUT2D eigenvalue weighted by Gasteiger charge is -2.17. The first kappa shape index (κ1) is 14.4. The largest absolute Gasteiger partial charge is 0.491 e. The van der Waals surface area contributed by atoms with E-state index in [2.05, 4.69) is 55.6 Å². The summed E-state index contributed by atoms with van der Waals surface area (Å²) in [7, 11) is 0. The molecule has 2 aromatic carbocycles. The van der Waals surface area contributed by atoms with E-state index in [0.29, 0.717) is 0 Å². The van der Waals surface area contributed by atoms with Gasteiger partial charge in [-0.1, -0.05) is 24.3 Å². The van der Waals surface area contributed by atoms with Gasteiger partial charge in [-0.3, -0.25) is 0 Å². The highest BCUT2D eigenvalue weighted by atomic mass is 16.5. The van der Waals surface area contributed by atoms with Crippen molar-refractivity contribution >= 4 is 5.69 Å². The molecule has 0 saturated carbocycles. The summed E-state index contributed by atoms with van der Waals surface area (Å²) in [4.78, 5) is 0. The lowest BCUT2D eigenvalue weighted by Crippen LogP contribution is -2.08. The number of ether oxygens (including phenoxy) is 1. The molecular formula is C18H23NO. The Morgan fingerprint density at radius 2 is 1.65 bits per heavy atom. The molecule has 0 saturated heterocycles. The monoisotopic (exact) mass is 269 g/mol. The first-order chi connectivity index (χ1) is 9.54. The van der Waals surface area contributed by atoms with Crippen molar-refractivity contribution in [2.45, 2.75) is 39.8 Å². The van der Waals surface area contributed by atoms with Crippen molar-refractivity contribution in [3.05, 3.63) is 59.7 Å². The zero-order valence-corrected chi connectivity index (χ0v) is 12.7. The van der Waals surface area contributed by atoms with E-state index in [-0.39, 0.29) is 12.1 Å². The van der Waals surface area contributed by atoms with Gasteiger partial charge in [0, 0.05) is 11.7 Å². The summed E-state index contributed by atoms with van der Waals surface area (Å²) in [5.41, 5.74) is 3.67.